The summed E-state index contributed by atoms with van der Waals surface area (Å²) < 4.78 is 14.6. The van der Waals surface area contributed by atoms with Crippen LogP contribution in [0.3, 0.4) is 0 Å². The fraction of sp³-hybridized carbons (Fsp3) is 0.158. The molecule has 0 fully saturated rings. The zero-order valence-corrected chi connectivity index (χ0v) is 15.7. The summed E-state index contributed by atoms with van der Waals surface area (Å²) in [4.78, 5) is 12.9. The minimum absolute atomic E-state index is 0.219. The highest BCUT2D eigenvalue weighted by molar-refractivity contribution is 8.14. The Morgan fingerprint density at radius 1 is 1.30 bits per heavy atom. The van der Waals surface area contributed by atoms with E-state index in [-0.39, 0.29) is 16.5 Å². The lowest BCUT2D eigenvalue weighted by atomic mass is 9.97. The number of anilines is 1. The Labute approximate surface area is 165 Å². The Hall–Kier alpha value is -2.51. The fourth-order valence-electron chi connectivity index (χ4n) is 3.23. The number of fused-ring (bicyclic) bond motifs is 3. The molecule has 2 aliphatic heterocycles. The van der Waals surface area contributed by atoms with Gasteiger partial charge in [-0.1, -0.05) is 53.7 Å². The summed E-state index contributed by atoms with van der Waals surface area (Å²) in [6.45, 7) is 3.68. The van der Waals surface area contributed by atoms with Gasteiger partial charge in [0.05, 0.1) is 10.6 Å². The molecule has 2 aliphatic rings. The maximum Gasteiger partial charge on any atom is 0.255 e. The lowest BCUT2D eigenvalue weighted by Crippen LogP contribution is -2.51. The van der Waals surface area contributed by atoms with Gasteiger partial charge in [-0.05, 0) is 18.2 Å². The van der Waals surface area contributed by atoms with Crippen molar-refractivity contribution in [3.05, 3.63) is 77.1 Å². The number of hydrazone groups is 1. The molecule has 0 bridgehead atoms. The van der Waals surface area contributed by atoms with Crippen molar-refractivity contribution in [2.45, 2.75) is 12.2 Å². The number of carbonyl (C=O) groups excluding carboxylic acids is 1. The maximum atomic E-state index is 14.6. The number of nitrogens with one attached hydrogen (secondary N) is 2. The molecule has 2 aromatic rings. The molecule has 2 N–H and O–H groups in total. The van der Waals surface area contributed by atoms with Crippen LogP contribution >= 0.6 is 23.4 Å². The maximum absolute atomic E-state index is 14.6. The van der Waals surface area contributed by atoms with Crippen LogP contribution in [0.15, 0.2) is 60.2 Å². The molecule has 1 amide bonds. The third-order valence-corrected chi connectivity index (χ3v) is 5.56. The minimum atomic E-state index is -0.719. The Balaban J connectivity index is 1.86. The molecule has 2 aromatic carbocycles. The molecule has 0 saturated heterocycles. The van der Waals surface area contributed by atoms with E-state index in [1.165, 1.54) is 17.8 Å². The molecule has 8 heteroatoms. The molecule has 0 spiro atoms. The molecule has 0 unspecified atom stereocenters. The first-order valence-corrected chi connectivity index (χ1v) is 9.67. The molecule has 27 heavy (non-hydrogen) atoms. The Morgan fingerprint density at radius 2 is 2.11 bits per heavy atom. The summed E-state index contributed by atoms with van der Waals surface area (Å²) in [5.41, 5.74) is 1.77. The van der Waals surface area contributed by atoms with Gasteiger partial charge >= 0.3 is 0 Å². The van der Waals surface area contributed by atoms with Crippen LogP contribution < -0.4 is 10.6 Å². The average Bonchev–Trinajstić information content (AvgIpc) is 2.66. The van der Waals surface area contributed by atoms with Gasteiger partial charge in [0.25, 0.3) is 5.91 Å². The molecular formula is C19H16ClFN4OS. The van der Waals surface area contributed by atoms with Crippen molar-refractivity contribution in [1.82, 2.24) is 10.3 Å². The SMILES string of the molecule is C=CCSC1=NN2[C@H](c3c(F)cccc3Cl)Nc3ccccc3[C@@H]2C(=O)N1. The number of amidine groups is 1. The Bertz CT molecular complexity index is 931. The van der Waals surface area contributed by atoms with Gasteiger partial charge in [-0.2, -0.15) is 0 Å². The lowest BCUT2D eigenvalue weighted by Gasteiger charge is -2.43. The van der Waals surface area contributed by atoms with E-state index in [4.69, 9.17) is 11.6 Å². The van der Waals surface area contributed by atoms with Crippen LogP contribution in [-0.4, -0.2) is 21.8 Å². The monoisotopic (exact) mass is 402 g/mol. The summed E-state index contributed by atoms with van der Waals surface area (Å²) in [6, 6.07) is 11.3. The van der Waals surface area contributed by atoms with E-state index in [2.05, 4.69) is 22.3 Å². The van der Waals surface area contributed by atoms with Gasteiger partial charge in [0.1, 0.15) is 12.0 Å². The Kier molecular flexibility index (Phi) is 4.80. The van der Waals surface area contributed by atoms with Crippen LogP contribution in [0.25, 0.3) is 0 Å². The number of halogens is 2. The zero-order chi connectivity index (χ0) is 19.0. The normalized spacial score (nSPS) is 20.7. The van der Waals surface area contributed by atoms with Gasteiger partial charge < -0.3 is 10.6 Å². The fourth-order valence-corrected chi connectivity index (χ4v) is 4.10. The summed E-state index contributed by atoms with van der Waals surface area (Å²) in [7, 11) is 0. The van der Waals surface area contributed by atoms with Gasteiger partial charge in [-0.25, -0.2) is 4.39 Å². The number of para-hydroxylation sites is 1. The molecule has 0 saturated carbocycles. The molecule has 0 aliphatic carbocycles. The van der Waals surface area contributed by atoms with Crippen LogP contribution in [0, 0.1) is 5.82 Å². The third kappa shape index (κ3) is 3.17. The zero-order valence-electron chi connectivity index (χ0n) is 14.2. The highest BCUT2D eigenvalue weighted by Crippen LogP contribution is 2.44. The number of carbonyl (C=O) groups is 1. The van der Waals surface area contributed by atoms with Crippen molar-refractivity contribution in [2.24, 2.45) is 5.10 Å². The van der Waals surface area contributed by atoms with Crippen molar-refractivity contribution in [1.29, 1.82) is 0 Å². The van der Waals surface area contributed by atoms with Crippen LogP contribution in [0.5, 0.6) is 0 Å². The number of benzene rings is 2. The average molecular weight is 403 g/mol. The van der Waals surface area contributed by atoms with Crippen molar-refractivity contribution in [3.63, 3.8) is 0 Å². The largest absolute Gasteiger partial charge is 0.360 e. The van der Waals surface area contributed by atoms with E-state index < -0.39 is 18.0 Å². The van der Waals surface area contributed by atoms with Gasteiger partial charge in [0.15, 0.2) is 11.2 Å². The van der Waals surface area contributed by atoms with Crippen LogP contribution in [-0.2, 0) is 4.79 Å². The second kappa shape index (κ2) is 7.25. The van der Waals surface area contributed by atoms with Gasteiger partial charge in [-0.15, -0.1) is 11.7 Å². The first-order chi connectivity index (χ1) is 13.1. The lowest BCUT2D eigenvalue weighted by molar-refractivity contribution is -0.127. The van der Waals surface area contributed by atoms with E-state index in [0.29, 0.717) is 10.9 Å². The van der Waals surface area contributed by atoms with Crippen LogP contribution in [0.4, 0.5) is 10.1 Å². The van der Waals surface area contributed by atoms with Crippen molar-refractivity contribution in [3.8, 4) is 0 Å². The highest BCUT2D eigenvalue weighted by Gasteiger charge is 2.43. The predicted molar refractivity (Wildman–Crippen MR) is 107 cm³/mol. The smallest absolute Gasteiger partial charge is 0.255 e. The second-order valence-corrected chi connectivity index (χ2v) is 7.46. The molecule has 2 atom stereocenters. The first kappa shape index (κ1) is 17.9. The van der Waals surface area contributed by atoms with Crippen LogP contribution in [0.2, 0.25) is 5.02 Å². The van der Waals surface area contributed by atoms with E-state index in [1.807, 2.05) is 24.3 Å². The summed E-state index contributed by atoms with van der Waals surface area (Å²) >= 11 is 7.65. The minimum Gasteiger partial charge on any atom is -0.360 e. The molecule has 0 aromatic heterocycles. The molecule has 2 heterocycles. The number of nitrogens with zero attached hydrogens (tertiary/aromatic N) is 2. The molecular weight excluding hydrogens is 387 g/mol. The van der Waals surface area contributed by atoms with E-state index in [0.717, 1.165) is 11.3 Å². The van der Waals surface area contributed by atoms with Gasteiger partial charge in [0.2, 0.25) is 0 Å². The summed E-state index contributed by atoms with van der Waals surface area (Å²) in [5.74, 6) is -0.0881. The van der Waals surface area contributed by atoms with Gasteiger partial charge in [0, 0.05) is 17.0 Å². The number of thioether (sulfide) groups is 1. The van der Waals surface area contributed by atoms with E-state index in [9.17, 15) is 9.18 Å². The third-order valence-electron chi connectivity index (χ3n) is 4.37. The van der Waals surface area contributed by atoms with Crippen LogP contribution in [0.1, 0.15) is 23.3 Å². The summed E-state index contributed by atoms with van der Waals surface area (Å²) in [5, 5.41) is 13.0. The highest BCUT2D eigenvalue weighted by atomic mass is 35.5. The summed E-state index contributed by atoms with van der Waals surface area (Å²) in [6.07, 6.45) is 1.00. The Morgan fingerprint density at radius 3 is 2.89 bits per heavy atom. The number of rotatable bonds is 3. The quantitative estimate of drug-likeness (QED) is 0.753. The van der Waals surface area contributed by atoms with Gasteiger partial charge in [-0.3, -0.25) is 9.80 Å². The van der Waals surface area contributed by atoms with Crippen molar-refractivity contribution >= 4 is 40.1 Å². The molecule has 4 rings (SSSR count). The number of hydrogen-bond acceptors (Lipinski definition) is 5. The van der Waals surface area contributed by atoms with Crippen molar-refractivity contribution < 1.29 is 9.18 Å². The second-order valence-electron chi connectivity index (χ2n) is 6.05. The number of amides is 1. The molecule has 0 radical (unpaired) electrons. The first-order valence-electron chi connectivity index (χ1n) is 8.31. The molecule has 5 nitrogen and oxygen atoms in total. The van der Waals surface area contributed by atoms with Crippen molar-refractivity contribution in [2.75, 3.05) is 11.1 Å². The van der Waals surface area contributed by atoms with E-state index >= 15 is 0 Å². The van der Waals surface area contributed by atoms with E-state index in [1.54, 1.807) is 23.2 Å². The predicted octanol–water partition coefficient (Wildman–Crippen LogP) is 4.27. The number of hydrogen-bond donors (Lipinski definition) is 2. The topological polar surface area (TPSA) is 56.7 Å². The standard InChI is InChI=1S/C19H16ClFN4OS/c1-2-10-27-19-23-18(26)16-11-6-3-4-9-14(11)22-17(25(16)24-19)15-12(20)7-5-8-13(15)21/h2-9,16-17,22H,1,10H2,(H,23,24,26)/t16-,17-/m1/s1. The molecule has 138 valence electrons.